The maximum atomic E-state index is 13.1. The Balaban J connectivity index is 2.05. The molecule has 0 spiro atoms. The van der Waals surface area contributed by atoms with E-state index < -0.39 is 0 Å². The molecule has 23 heavy (non-hydrogen) atoms. The van der Waals surface area contributed by atoms with Crippen molar-refractivity contribution in [3.63, 3.8) is 0 Å². The fraction of sp³-hybridized carbons (Fsp3) is 0.200. The third kappa shape index (κ3) is 3.09. The van der Waals surface area contributed by atoms with E-state index in [1.54, 1.807) is 6.08 Å². The van der Waals surface area contributed by atoms with Gasteiger partial charge in [-0.3, -0.25) is 9.79 Å². The van der Waals surface area contributed by atoms with Crippen LogP contribution >= 0.6 is 0 Å². The molecule has 0 aromatic heterocycles. The van der Waals surface area contributed by atoms with E-state index in [4.69, 9.17) is 0 Å². The summed E-state index contributed by atoms with van der Waals surface area (Å²) in [4.78, 5) is 19.6. The normalized spacial score (nSPS) is 17.3. The first kappa shape index (κ1) is 15.2. The quantitative estimate of drug-likeness (QED) is 0.764. The molecular formula is C20H20N2O. The second-order valence-electron chi connectivity index (χ2n) is 5.73. The Morgan fingerprint density at radius 1 is 1.13 bits per heavy atom. The average Bonchev–Trinajstić information content (AvgIpc) is 2.67. The number of nitrogens with zero attached hydrogens (tertiary/aromatic N) is 2. The van der Waals surface area contributed by atoms with Crippen LogP contribution in [0.5, 0.6) is 0 Å². The van der Waals surface area contributed by atoms with Crippen LogP contribution in [0.25, 0.3) is 0 Å². The lowest BCUT2D eigenvalue weighted by atomic mass is 9.98. The Kier molecular flexibility index (Phi) is 4.38. The van der Waals surface area contributed by atoms with Crippen molar-refractivity contribution in [3.05, 3.63) is 72.8 Å². The highest BCUT2D eigenvalue weighted by Crippen LogP contribution is 2.35. The van der Waals surface area contributed by atoms with E-state index in [0.717, 1.165) is 22.6 Å². The molecule has 1 heterocycles. The number of para-hydroxylation sites is 2. The number of allylic oxidation sites excluding steroid dienone is 1. The number of fused-ring (bicyclic) bond motifs is 1. The molecule has 0 aliphatic carbocycles. The van der Waals surface area contributed by atoms with E-state index in [9.17, 15) is 4.79 Å². The molecule has 3 nitrogen and oxygen atoms in total. The number of rotatable bonds is 4. The van der Waals surface area contributed by atoms with Gasteiger partial charge in [0.15, 0.2) is 0 Å². The molecule has 3 rings (SSSR count). The molecule has 1 atom stereocenters. The van der Waals surface area contributed by atoms with Gasteiger partial charge in [-0.05, 0) is 31.0 Å². The number of hydrogen-bond donors (Lipinski definition) is 0. The molecule has 1 amide bonds. The molecule has 1 aliphatic heterocycles. The second-order valence-corrected chi connectivity index (χ2v) is 5.73. The lowest BCUT2D eigenvalue weighted by molar-refractivity contribution is -0.120. The molecule has 0 saturated carbocycles. The highest BCUT2D eigenvalue weighted by molar-refractivity contribution is 6.13. The zero-order chi connectivity index (χ0) is 16.2. The number of aliphatic imine (C=N–C) groups is 1. The van der Waals surface area contributed by atoms with Crippen molar-refractivity contribution in [1.82, 2.24) is 0 Å². The van der Waals surface area contributed by atoms with E-state index in [0.29, 0.717) is 13.0 Å². The Labute approximate surface area is 137 Å². The number of anilines is 1. The topological polar surface area (TPSA) is 32.7 Å². The van der Waals surface area contributed by atoms with Crippen LogP contribution in [0.2, 0.25) is 0 Å². The Morgan fingerprint density at radius 2 is 1.83 bits per heavy atom. The van der Waals surface area contributed by atoms with E-state index in [1.807, 2.05) is 66.4 Å². The van der Waals surface area contributed by atoms with Gasteiger partial charge in [0.2, 0.25) is 5.91 Å². The summed E-state index contributed by atoms with van der Waals surface area (Å²) < 4.78 is 0. The number of carbonyl (C=O) groups excluding carboxylic acids is 1. The molecule has 2 aromatic carbocycles. The van der Waals surface area contributed by atoms with Gasteiger partial charge in [0, 0.05) is 5.71 Å². The fourth-order valence-corrected chi connectivity index (χ4v) is 2.91. The molecule has 3 heteroatoms. The predicted octanol–water partition coefficient (Wildman–Crippen LogP) is 4.52. The van der Waals surface area contributed by atoms with E-state index in [2.05, 4.69) is 11.6 Å². The molecule has 1 unspecified atom stereocenters. The first-order valence-corrected chi connectivity index (χ1v) is 7.81. The van der Waals surface area contributed by atoms with Crippen LogP contribution in [-0.2, 0) is 11.3 Å². The summed E-state index contributed by atoms with van der Waals surface area (Å²) in [7, 11) is 0. The Bertz CT molecular complexity index is 749. The standard InChI is InChI=1S/C20H20N2O/c1-3-9-17-15(2)21-18-12-7-8-13-19(18)22(20(17)23)14-16-10-5-4-6-11-16/h3-8,10-13,17H,1,9,14H2,2H3. The monoisotopic (exact) mass is 304 g/mol. The van der Waals surface area contributed by atoms with Crippen molar-refractivity contribution in [1.29, 1.82) is 0 Å². The van der Waals surface area contributed by atoms with Crippen molar-refractivity contribution in [3.8, 4) is 0 Å². The molecule has 0 radical (unpaired) electrons. The molecular weight excluding hydrogens is 284 g/mol. The molecule has 1 aliphatic rings. The van der Waals surface area contributed by atoms with Gasteiger partial charge < -0.3 is 4.90 Å². The number of carbonyl (C=O) groups is 1. The maximum Gasteiger partial charge on any atom is 0.236 e. The van der Waals surface area contributed by atoms with Crippen molar-refractivity contribution < 1.29 is 4.79 Å². The van der Waals surface area contributed by atoms with Crippen molar-refractivity contribution in [2.45, 2.75) is 19.9 Å². The van der Waals surface area contributed by atoms with Crippen LogP contribution in [-0.4, -0.2) is 11.6 Å². The van der Waals surface area contributed by atoms with Gasteiger partial charge in [-0.15, -0.1) is 6.58 Å². The zero-order valence-electron chi connectivity index (χ0n) is 13.3. The number of hydrogen-bond acceptors (Lipinski definition) is 2. The average molecular weight is 304 g/mol. The SMILES string of the molecule is C=CCC1C(=O)N(Cc2ccccc2)c2ccccc2N=C1C. The van der Waals surface area contributed by atoms with Crippen LogP contribution in [0.1, 0.15) is 18.9 Å². The van der Waals surface area contributed by atoms with Gasteiger partial charge in [0.1, 0.15) is 0 Å². The zero-order valence-corrected chi connectivity index (χ0v) is 13.3. The summed E-state index contributed by atoms with van der Waals surface area (Å²) in [5, 5.41) is 0. The van der Waals surface area contributed by atoms with Crippen LogP contribution < -0.4 is 4.90 Å². The molecule has 0 N–H and O–H groups in total. The van der Waals surface area contributed by atoms with Gasteiger partial charge in [0.25, 0.3) is 0 Å². The van der Waals surface area contributed by atoms with E-state index in [-0.39, 0.29) is 11.8 Å². The third-order valence-corrected chi connectivity index (χ3v) is 4.12. The van der Waals surface area contributed by atoms with E-state index >= 15 is 0 Å². The van der Waals surface area contributed by atoms with Crippen LogP contribution in [0.4, 0.5) is 11.4 Å². The third-order valence-electron chi connectivity index (χ3n) is 4.12. The van der Waals surface area contributed by atoms with Gasteiger partial charge in [-0.2, -0.15) is 0 Å². The minimum absolute atomic E-state index is 0.0833. The fourth-order valence-electron chi connectivity index (χ4n) is 2.91. The second kappa shape index (κ2) is 6.61. The summed E-state index contributed by atoms with van der Waals surface area (Å²) in [6, 6.07) is 17.9. The first-order valence-electron chi connectivity index (χ1n) is 7.81. The largest absolute Gasteiger partial charge is 0.305 e. The Morgan fingerprint density at radius 3 is 2.57 bits per heavy atom. The predicted molar refractivity (Wildman–Crippen MR) is 95.1 cm³/mol. The summed E-state index contributed by atoms with van der Waals surface area (Å²) in [5.41, 5.74) is 3.67. The van der Waals surface area contributed by atoms with Gasteiger partial charge in [0.05, 0.1) is 23.8 Å². The van der Waals surface area contributed by atoms with Crippen molar-refractivity contribution in [2.75, 3.05) is 4.90 Å². The minimum Gasteiger partial charge on any atom is -0.305 e. The Hall–Kier alpha value is -2.68. The molecule has 0 fully saturated rings. The van der Waals surface area contributed by atoms with Crippen LogP contribution in [0.3, 0.4) is 0 Å². The summed E-state index contributed by atoms with van der Waals surface area (Å²) in [5.74, 6) is -0.163. The van der Waals surface area contributed by atoms with Crippen LogP contribution in [0.15, 0.2) is 72.2 Å². The number of benzene rings is 2. The van der Waals surface area contributed by atoms with Gasteiger partial charge in [-0.25, -0.2) is 0 Å². The minimum atomic E-state index is -0.247. The first-order chi connectivity index (χ1) is 11.2. The van der Waals surface area contributed by atoms with Crippen molar-refractivity contribution >= 4 is 23.0 Å². The molecule has 0 bridgehead atoms. The maximum absolute atomic E-state index is 13.1. The smallest absolute Gasteiger partial charge is 0.236 e. The lowest BCUT2D eigenvalue weighted by Crippen LogP contribution is -2.37. The highest BCUT2D eigenvalue weighted by Gasteiger charge is 2.30. The summed E-state index contributed by atoms with van der Waals surface area (Å²) in [6.45, 7) is 6.26. The highest BCUT2D eigenvalue weighted by atomic mass is 16.2. The summed E-state index contributed by atoms with van der Waals surface area (Å²) in [6.07, 6.45) is 2.39. The van der Waals surface area contributed by atoms with Gasteiger partial charge >= 0.3 is 0 Å². The van der Waals surface area contributed by atoms with E-state index in [1.165, 1.54) is 0 Å². The number of amides is 1. The lowest BCUT2D eigenvalue weighted by Gasteiger charge is -2.25. The van der Waals surface area contributed by atoms with Crippen molar-refractivity contribution in [2.24, 2.45) is 10.9 Å². The van der Waals surface area contributed by atoms with Crippen LogP contribution in [0, 0.1) is 5.92 Å². The summed E-state index contributed by atoms with van der Waals surface area (Å²) >= 11 is 0. The molecule has 2 aromatic rings. The molecule has 116 valence electrons. The van der Waals surface area contributed by atoms with Gasteiger partial charge in [-0.1, -0.05) is 48.5 Å². The molecule has 0 saturated heterocycles.